The van der Waals surface area contributed by atoms with Gasteiger partial charge in [-0.25, -0.2) is 0 Å². The molecule has 5 heteroatoms. The Kier molecular flexibility index (Phi) is 7.73. The molecule has 1 heterocycles. The van der Waals surface area contributed by atoms with Crippen molar-refractivity contribution < 1.29 is 19.0 Å². The van der Waals surface area contributed by atoms with Crippen molar-refractivity contribution in [2.75, 3.05) is 32.9 Å². The van der Waals surface area contributed by atoms with Crippen LogP contribution < -0.4 is 9.47 Å². The molecule has 2 aromatic rings. The maximum atomic E-state index is 12.5. The third-order valence-electron chi connectivity index (χ3n) is 4.83. The van der Waals surface area contributed by atoms with Gasteiger partial charge < -0.3 is 19.1 Å². The molecule has 150 valence electrons. The molecule has 0 aliphatic carbocycles. The molecule has 0 radical (unpaired) electrons. The minimum Gasteiger partial charge on any atom is -0.494 e. The lowest BCUT2D eigenvalue weighted by atomic mass is 9.99. The number of piperidine rings is 1. The van der Waals surface area contributed by atoms with Crippen LogP contribution >= 0.6 is 0 Å². The topological polar surface area (TPSA) is 48.0 Å². The lowest BCUT2D eigenvalue weighted by molar-refractivity contribution is -0.135. The van der Waals surface area contributed by atoms with Gasteiger partial charge in [0.2, 0.25) is 0 Å². The number of nitrogens with zero attached hydrogens (tertiary/aromatic N) is 1. The van der Waals surface area contributed by atoms with Gasteiger partial charge in [-0.15, -0.1) is 0 Å². The maximum Gasteiger partial charge on any atom is 0.260 e. The van der Waals surface area contributed by atoms with E-state index in [0.717, 1.165) is 31.7 Å². The van der Waals surface area contributed by atoms with Gasteiger partial charge in [0.25, 0.3) is 5.91 Å². The summed E-state index contributed by atoms with van der Waals surface area (Å²) in [6, 6.07) is 17.5. The van der Waals surface area contributed by atoms with Gasteiger partial charge in [-0.05, 0) is 55.5 Å². The smallest absolute Gasteiger partial charge is 0.260 e. The highest BCUT2D eigenvalue weighted by molar-refractivity contribution is 5.77. The van der Waals surface area contributed by atoms with E-state index in [0.29, 0.717) is 31.5 Å². The van der Waals surface area contributed by atoms with E-state index in [9.17, 15) is 4.79 Å². The van der Waals surface area contributed by atoms with Crippen molar-refractivity contribution in [3.05, 3.63) is 60.2 Å². The molecule has 1 atom stereocenters. The van der Waals surface area contributed by atoms with E-state index in [1.54, 1.807) is 0 Å². The third-order valence-corrected chi connectivity index (χ3v) is 4.83. The van der Waals surface area contributed by atoms with Gasteiger partial charge in [0.1, 0.15) is 11.5 Å². The van der Waals surface area contributed by atoms with E-state index >= 15 is 0 Å². The van der Waals surface area contributed by atoms with E-state index in [1.165, 1.54) is 5.56 Å². The maximum absolute atomic E-state index is 12.5. The predicted molar refractivity (Wildman–Crippen MR) is 109 cm³/mol. The fourth-order valence-electron chi connectivity index (χ4n) is 3.38. The lowest BCUT2D eigenvalue weighted by Crippen LogP contribution is -2.43. The normalized spacial score (nSPS) is 16.6. The average Bonchev–Trinajstić information content (AvgIpc) is 2.74. The van der Waals surface area contributed by atoms with Gasteiger partial charge in [0.15, 0.2) is 6.61 Å². The van der Waals surface area contributed by atoms with Crippen LogP contribution in [0.1, 0.15) is 25.3 Å². The zero-order valence-electron chi connectivity index (χ0n) is 16.5. The number of ether oxygens (including phenoxy) is 3. The molecule has 1 aliphatic rings. The van der Waals surface area contributed by atoms with Crippen LogP contribution in [0.4, 0.5) is 0 Å². The minimum absolute atomic E-state index is 0.0293. The molecule has 1 amide bonds. The molecule has 1 saturated heterocycles. The Morgan fingerprint density at radius 2 is 1.75 bits per heavy atom. The first-order valence-corrected chi connectivity index (χ1v) is 9.99. The molecule has 0 aromatic heterocycles. The molecule has 3 rings (SSSR count). The van der Waals surface area contributed by atoms with Crippen molar-refractivity contribution in [1.82, 2.24) is 4.90 Å². The predicted octanol–water partition coefficient (Wildman–Crippen LogP) is 3.92. The molecule has 28 heavy (non-hydrogen) atoms. The Labute approximate surface area is 167 Å². The SMILES string of the molecule is CCOc1ccc(OCC(=O)N2CCCC(COCc3ccccc3)C2)cc1. The Morgan fingerprint density at radius 1 is 1.04 bits per heavy atom. The van der Waals surface area contributed by atoms with Crippen LogP contribution in [0.5, 0.6) is 11.5 Å². The number of carbonyl (C=O) groups is 1. The Morgan fingerprint density at radius 3 is 2.46 bits per heavy atom. The fourth-order valence-corrected chi connectivity index (χ4v) is 3.38. The van der Waals surface area contributed by atoms with Crippen molar-refractivity contribution in [2.24, 2.45) is 5.92 Å². The second-order valence-corrected chi connectivity index (χ2v) is 7.04. The van der Waals surface area contributed by atoms with Crippen molar-refractivity contribution >= 4 is 5.91 Å². The molecule has 1 aliphatic heterocycles. The number of likely N-dealkylation sites (tertiary alicyclic amines) is 1. The molecular weight excluding hydrogens is 354 g/mol. The van der Waals surface area contributed by atoms with Gasteiger partial charge in [0, 0.05) is 13.1 Å². The molecule has 0 N–H and O–H groups in total. The van der Waals surface area contributed by atoms with Crippen molar-refractivity contribution in [3.63, 3.8) is 0 Å². The van der Waals surface area contributed by atoms with Crippen molar-refractivity contribution in [1.29, 1.82) is 0 Å². The van der Waals surface area contributed by atoms with E-state index in [1.807, 2.05) is 54.3 Å². The summed E-state index contributed by atoms with van der Waals surface area (Å²) in [5.41, 5.74) is 1.18. The molecular formula is C23H29NO4. The highest BCUT2D eigenvalue weighted by Gasteiger charge is 2.24. The standard InChI is InChI=1S/C23H29NO4/c1-2-27-21-10-12-22(13-11-21)28-18-23(25)24-14-6-9-20(15-24)17-26-16-19-7-4-3-5-8-19/h3-5,7-8,10-13,20H,2,6,9,14-18H2,1H3. The van der Waals surface area contributed by atoms with Gasteiger partial charge in [-0.3, -0.25) is 4.79 Å². The monoisotopic (exact) mass is 383 g/mol. The highest BCUT2D eigenvalue weighted by Crippen LogP contribution is 2.20. The summed E-state index contributed by atoms with van der Waals surface area (Å²) in [6.45, 7) is 5.46. The number of amides is 1. The fraction of sp³-hybridized carbons (Fsp3) is 0.435. The van der Waals surface area contributed by atoms with Crippen LogP contribution in [0.15, 0.2) is 54.6 Å². The number of rotatable bonds is 9. The third kappa shape index (κ3) is 6.27. The van der Waals surface area contributed by atoms with Gasteiger partial charge in [-0.2, -0.15) is 0 Å². The first-order valence-electron chi connectivity index (χ1n) is 9.99. The Balaban J connectivity index is 1.39. The summed E-state index contributed by atoms with van der Waals surface area (Å²) in [6.07, 6.45) is 2.10. The van der Waals surface area contributed by atoms with Crippen LogP contribution in [0.2, 0.25) is 0 Å². The number of hydrogen-bond acceptors (Lipinski definition) is 4. The van der Waals surface area contributed by atoms with E-state index in [2.05, 4.69) is 12.1 Å². The average molecular weight is 383 g/mol. The van der Waals surface area contributed by atoms with Crippen LogP contribution in [0, 0.1) is 5.92 Å². The van der Waals surface area contributed by atoms with Gasteiger partial charge >= 0.3 is 0 Å². The second kappa shape index (κ2) is 10.7. The quantitative estimate of drug-likeness (QED) is 0.659. The number of carbonyl (C=O) groups excluding carboxylic acids is 1. The summed E-state index contributed by atoms with van der Waals surface area (Å²) < 4.78 is 16.9. The largest absolute Gasteiger partial charge is 0.494 e. The Bertz CT molecular complexity index is 717. The first kappa shape index (κ1) is 20.2. The van der Waals surface area contributed by atoms with Crippen LogP contribution in [0.25, 0.3) is 0 Å². The molecule has 1 fully saturated rings. The molecule has 0 bridgehead atoms. The zero-order chi connectivity index (χ0) is 19.6. The second-order valence-electron chi connectivity index (χ2n) is 7.04. The molecule has 0 saturated carbocycles. The van der Waals surface area contributed by atoms with Gasteiger partial charge in [-0.1, -0.05) is 30.3 Å². The van der Waals surface area contributed by atoms with Crippen molar-refractivity contribution in [3.8, 4) is 11.5 Å². The summed E-state index contributed by atoms with van der Waals surface area (Å²) in [5, 5.41) is 0. The van der Waals surface area contributed by atoms with Crippen LogP contribution in [-0.4, -0.2) is 43.7 Å². The highest BCUT2D eigenvalue weighted by atomic mass is 16.5. The number of hydrogen-bond donors (Lipinski definition) is 0. The summed E-state index contributed by atoms with van der Waals surface area (Å²) in [4.78, 5) is 14.4. The van der Waals surface area contributed by atoms with Crippen LogP contribution in [0.3, 0.4) is 0 Å². The number of benzene rings is 2. The Hall–Kier alpha value is -2.53. The van der Waals surface area contributed by atoms with Gasteiger partial charge in [0.05, 0.1) is 19.8 Å². The molecule has 2 aromatic carbocycles. The molecule has 0 spiro atoms. The summed E-state index contributed by atoms with van der Waals surface area (Å²) >= 11 is 0. The van der Waals surface area contributed by atoms with Crippen molar-refractivity contribution in [2.45, 2.75) is 26.4 Å². The first-order chi connectivity index (χ1) is 13.7. The van der Waals surface area contributed by atoms with E-state index in [-0.39, 0.29) is 12.5 Å². The lowest BCUT2D eigenvalue weighted by Gasteiger charge is -2.32. The van der Waals surface area contributed by atoms with Crippen LogP contribution in [-0.2, 0) is 16.1 Å². The molecule has 5 nitrogen and oxygen atoms in total. The minimum atomic E-state index is 0.0293. The summed E-state index contributed by atoms with van der Waals surface area (Å²) in [5.74, 6) is 1.89. The van der Waals surface area contributed by atoms with E-state index in [4.69, 9.17) is 14.2 Å². The zero-order valence-corrected chi connectivity index (χ0v) is 16.5. The molecule has 1 unspecified atom stereocenters. The summed E-state index contributed by atoms with van der Waals surface area (Å²) in [7, 11) is 0. The van der Waals surface area contributed by atoms with E-state index < -0.39 is 0 Å².